The van der Waals surface area contributed by atoms with E-state index in [1.54, 1.807) is 4.68 Å². The van der Waals surface area contributed by atoms with Crippen LogP contribution in [0, 0.1) is 14.1 Å². The van der Waals surface area contributed by atoms with E-state index in [0.29, 0.717) is 8.29 Å². The van der Waals surface area contributed by atoms with Crippen LogP contribution >= 0.6 is 46.9 Å². The second-order valence-corrected chi connectivity index (χ2v) is 8.42. The number of nitro benzene ring substituents is 1. The lowest BCUT2D eigenvalue weighted by Crippen LogP contribution is -2.15. The molecule has 1 heterocycles. The molecule has 0 saturated heterocycles. The van der Waals surface area contributed by atoms with Crippen molar-refractivity contribution in [3.63, 3.8) is 0 Å². The van der Waals surface area contributed by atoms with Crippen molar-refractivity contribution in [1.82, 2.24) is 9.78 Å². The number of carbonyl (C=O) groups is 1. The lowest BCUT2D eigenvalue weighted by Gasteiger charge is -2.05. The molecule has 1 aromatic heterocycles. The summed E-state index contributed by atoms with van der Waals surface area (Å²) in [7, 11) is 0. The molecule has 7 nitrogen and oxygen atoms in total. The Bertz CT molecular complexity index is 1050. The summed E-state index contributed by atoms with van der Waals surface area (Å²) in [6.45, 7) is 0. The number of nitrogens with zero attached hydrogens (tertiary/aromatic N) is 3. The van der Waals surface area contributed by atoms with Crippen LogP contribution in [0.1, 0.15) is 0 Å². The summed E-state index contributed by atoms with van der Waals surface area (Å²) in [4.78, 5) is 22.6. The van der Waals surface area contributed by atoms with Gasteiger partial charge in [-0.2, -0.15) is 0 Å². The first kappa shape index (κ1) is 19.5. The van der Waals surface area contributed by atoms with Gasteiger partial charge in [-0.1, -0.05) is 52.9 Å². The summed E-state index contributed by atoms with van der Waals surface area (Å²) in [5.74, 6) is -0.352. The summed E-state index contributed by atoms with van der Waals surface area (Å²) < 4.78 is 2.83. The first-order chi connectivity index (χ1) is 12.9. The number of aromatic nitrogens is 2. The number of amides is 1. The van der Waals surface area contributed by atoms with Crippen LogP contribution in [-0.4, -0.2) is 26.4 Å². The van der Waals surface area contributed by atoms with Gasteiger partial charge in [-0.25, -0.2) is 4.68 Å². The SMILES string of the molecule is O=C(CSc1nn(-c2ccccc2)c(=S)s1)Nc1ccc(Cl)cc1[N+](=O)[O-]. The topological polar surface area (TPSA) is 90.1 Å². The maximum Gasteiger partial charge on any atom is 0.294 e. The van der Waals surface area contributed by atoms with E-state index in [-0.39, 0.29) is 22.2 Å². The maximum absolute atomic E-state index is 12.2. The van der Waals surface area contributed by atoms with Crippen LogP contribution in [0.25, 0.3) is 5.69 Å². The molecule has 2 aromatic carbocycles. The summed E-state index contributed by atoms with van der Waals surface area (Å²) in [6, 6.07) is 13.5. The van der Waals surface area contributed by atoms with Gasteiger partial charge in [-0.05, 0) is 36.5 Å². The second kappa shape index (κ2) is 8.61. The Balaban J connectivity index is 1.67. The number of para-hydroxylation sites is 1. The summed E-state index contributed by atoms with van der Waals surface area (Å²) in [5.41, 5.74) is 0.675. The van der Waals surface area contributed by atoms with Gasteiger partial charge in [0, 0.05) is 11.1 Å². The van der Waals surface area contributed by atoms with Gasteiger partial charge in [0.25, 0.3) is 5.69 Å². The van der Waals surface area contributed by atoms with Gasteiger partial charge in [0.2, 0.25) is 5.91 Å². The molecule has 0 fully saturated rings. The molecular formula is C16H11ClN4O3S3. The van der Waals surface area contributed by atoms with Crippen LogP contribution in [0.3, 0.4) is 0 Å². The van der Waals surface area contributed by atoms with Gasteiger partial charge in [-0.15, -0.1) is 5.10 Å². The fourth-order valence-electron chi connectivity index (χ4n) is 2.13. The Morgan fingerprint density at radius 2 is 2.07 bits per heavy atom. The number of thioether (sulfide) groups is 1. The van der Waals surface area contributed by atoms with Gasteiger partial charge in [-0.3, -0.25) is 14.9 Å². The smallest absolute Gasteiger partial charge is 0.294 e. The van der Waals surface area contributed by atoms with Crippen molar-refractivity contribution in [3.8, 4) is 5.69 Å². The van der Waals surface area contributed by atoms with Crippen molar-refractivity contribution in [2.75, 3.05) is 11.1 Å². The lowest BCUT2D eigenvalue weighted by molar-refractivity contribution is -0.383. The molecule has 0 spiro atoms. The Morgan fingerprint density at radius 3 is 2.78 bits per heavy atom. The van der Waals surface area contributed by atoms with Crippen molar-refractivity contribution in [2.45, 2.75) is 4.34 Å². The zero-order valence-corrected chi connectivity index (χ0v) is 16.7. The second-order valence-electron chi connectivity index (χ2n) is 5.14. The molecule has 27 heavy (non-hydrogen) atoms. The molecule has 138 valence electrons. The minimum absolute atomic E-state index is 0.0385. The monoisotopic (exact) mass is 438 g/mol. The first-order valence-electron chi connectivity index (χ1n) is 7.46. The standard InChI is InChI=1S/C16H11ClN4O3S3/c17-10-6-7-12(13(8-10)21(23)24)18-14(22)9-26-15-19-20(16(25)27-15)11-4-2-1-3-5-11/h1-8H,9H2,(H,18,22). The highest BCUT2D eigenvalue weighted by atomic mass is 35.5. The van der Waals surface area contributed by atoms with E-state index in [1.165, 1.54) is 41.3 Å². The van der Waals surface area contributed by atoms with Crippen molar-refractivity contribution in [2.24, 2.45) is 0 Å². The average Bonchev–Trinajstić information content (AvgIpc) is 3.03. The number of anilines is 1. The molecular weight excluding hydrogens is 428 g/mol. The van der Waals surface area contributed by atoms with Gasteiger partial charge in [0.15, 0.2) is 8.29 Å². The molecule has 1 amide bonds. The van der Waals surface area contributed by atoms with Crippen LogP contribution in [0.2, 0.25) is 5.02 Å². The number of carbonyl (C=O) groups excluding carboxylic acids is 1. The normalized spacial score (nSPS) is 10.6. The Kier molecular flexibility index (Phi) is 6.22. The fraction of sp³-hybridized carbons (Fsp3) is 0.0625. The predicted octanol–water partition coefficient (Wildman–Crippen LogP) is 4.96. The molecule has 0 atom stereocenters. The highest BCUT2D eigenvalue weighted by molar-refractivity contribution is 8.01. The van der Waals surface area contributed by atoms with Crippen molar-refractivity contribution >= 4 is 64.2 Å². The van der Waals surface area contributed by atoms with Crippen molar-refractivity contribution in [3.05, 3.63) is 67.6 Å². The number of hydrogen-bond acceptors (Lipinski definition) is 7. The van der Waals surface area contributed by atoms with Gasteiger partial charge in [0.05, 0.1) is 16.4 Å². The van der Waals surface area contributed by atoms with Gasteiger partial charge in [0.1, 0.15) is 5.69 Å². The Labute approximate surface area is 172 Å². The summed E-state index contributed by atoms with van der Waals surface area (Å²) in [5, 5.41) is 18.2. The largest absolute Gasteiger partial charge is 0.320 e. The average molecular weight is 439 g/mol. The van der Waals surface area contributed by atoms with Gasteiger partial charge < -0.3 is 5.32 Å². The zero-order chi connectivity index (χ0) is 19.4. The molecule has 0 unspecified atom stereocenters. The molecule has 0 radical (unpaired) electrons. The molecule has 1 N–H and O–H groups in total. The maximum atomic E-state index is 12.2. The van der Waals surface area contributed by atoms with Crippen LogP contribution in [0.5, 0.6) is 0 Å². The van der Waals surface area contributed by atoms with E-state index in [4.69, 9.17) is 23.8 Å². The highest BCUT2D eigenvalue weighted by Crippen LogP contribution is 2.29. The number of rotatable bonds is 6. The third kappa shape index (κ3) is 4.92. The van der Waals surface area contributed by atoms with E-state index < -0.39 is 10.8 Å². The molecule has 3 aromatic rings. The van der Waals surface area contributed by atoms with Gasteiger partial charge >= 0.3 is 0 Å². The van der Waals surface area contributed by atoms with Crippen LogP contribution in [0.15, 0.2) is 52.9 Å². The minimum atomic E-state index is -0.596. The third-order valence-electron chi connectivity index (χ3n) is 3.29. The number of hydrogen-bond donors (Lipinski definition) is 1. The molecule has 0 bridgehead atoms. The van der Waals surface area contributed by atoms with Crippen LogP contribution in [0.4, 0.5) is 11.4 Å². The Hall–Kier alpha value is -2.27. The predicted molar refractivity (Wildman–Crippen MR) is 110 cm³/mol. The minimum Gasteiger partial charge on any atom is -0.320 e. The van der Waals surface area contributed by atoms with E-state index in [0.717, 1.165) is 5.69 Å². The van der Waals surface area contributed by atoms with E-state index >= 15 is 0 Å². The van der Waals surface area contributed by atoms with E-state index in [1.807, 2.05) is 30.3 Å². The first-order valence-corrected chi connectivity index (χ1v) is 10.0. The lowest BCUT2D eigenvalue weighted by atomic mass is 10.2. The summed E-state index contributed by atoms with van der Waals surface area (Å²) >= 11 is 13.6. The van der Waals surface area contributed by atoms with E-state index in [9.17, 15) is 14.9 Å². The number of nitro groups is 1. The number of nitrogens with one attached hydrogen (secondary N) is 1. The highest BCUT2D eigenvalue weighted by Gasteiger charge is 2.17. The number of halogens is 1. The van der Waals surface area contributed by atoms with Crippen LogP contribution < -0.4 is 5.32 Å². The molecule has 0 aliphatic heterocycles. The van der Waals surface area contributed by atoms with Crippen LogP contribution in [-0.2, 0) is 4.79 Å². The molecule has 3 rings (SSSR count). The van der Waals surface area contributed by atoms with E-state index in [2.05, 4.69) is 10.4 Å². The Morgan fingerprint density at radius 1 is 1.33 bits per heavy atom. The van der Waals surface area contributed by atoms with Crippen molar-refractivity contribution in [1.29, 1.82) is 0 Å². The fourth-order valence-corrected chi connectivity index (χ4v) is 4.45. The van der Waals surface area contributed by atoms with Crippen molar-refractivity contribution < 1.29 is 9.72 Å². The third-order valence-corrected chi connectivity index (χ3v) is 5.89. The molecule has 0 saturated carbocycles. The molecule has 11 heteroatoms. The molecule has 0 aliphatic rings. The quantitative estimate of drug-likeness (QED) is 0.253. The number of benzene rings is 2. The zero-order valence-electron chi connectivity index (χ0n) is 13.5. The summed E-state index contributed by atoms with van der Waals surface area (Å²) in [6.07, 6.45) is 0. The molecule has 0 aliphatic carbocycles.